The Kier molecular flexibility index (Phi) is 7.95. The SMILES string of the molecule is COCCN(C(=O)c1cccc(Br)c1)C(C)c1nc2ccccc2c(=O)n1CCOC. The standard InChI is InChI=1S/C23H26BrN3O4/c1-16(26(11-13-30-2)22(28)17-7-6-8-18(24)15-17)21-25-20-10-5-4-9-19(20)23(29)27(21)12-14-31-3/h4-10,15-16H,11-14H2,1-3H3. The van der Waals surface area contributed by atoms with Crippen LogP contribution in [-0.2, 0) is 16.0 Å². The van der Waals surface area contributed by atoms with Crippen LogP contribution in [0.2, 0.25) is 0 Å². The molecule has 1 unspecified atom stereocenters. The minimum atomic E-state index is -0.462. The van der Waals surface area contributed by atoms with E-state index in [1.807, 2.05) is 37.3 Å². The highest BCUT2D eigenvalue weighted by Gasteiger charge is 2.27. The molecular formula is C23H26BrN3O4. The molecule has 7 nitrogen and oxygen atoms in total. The van der Waals surface area contributed by atoms with Gasteiger partial charge in [-0.3, -0.25) is 14.2 Å². The van der Waals surface area contributed by atoms with Crippen molar-refractivity contribution in [1.82, 2.24) is 14.5 Å². The largest absolute Gasteiger partial charge is 0.383 e. The van der Waals surface area contributed by atoms with Crippen LogP contribution in [0.1, 0.15) is 29.1 Å². The first-order chi connectivity index (χ1) is 15.0. The Labute approximate surface area is 189 Å². The number of halogens is 1. The molecule has 0 spiro atoms. The zero-order chi connectivity index (χ0) is 22.4. The van der Waals surface area contributed by atoms with Crippen LogP contribution in [0.3, 0.4) is 0 Å². The average molecular weight is 488 g/mol. The zero-order valence-electron chi connectivity index (χ0n) is 17.9. The van der Waals surface area contributed by atoms with Crippen LogP contribution in [0.5, 0.6) is 0 Å². The van der Waals surface area contributed by atoms with Gasteiger partial charge in [0.25, 0.3) is 11.5 Å². The fourth-order valence-electron chi connectivity index (χ4n) is 3.49. The first-order valence-electron chi connectivity index (χ1n) is 10.0. The molecule has 0 aliphatic rings. The third-order valence-corrected chi connectivity index (χ3v) is 5.61. The lowest BCUT2D eigenvalue weighted by atomic mass is 10.1. The Morgan fingerprint density at radius 3 is 2.58 bits per heavy atom. The van der Waals surface area contributed by atoms with E-state index in [0.717, 1.165) is 4.47 Å². The van der Waals surface area contributed by atoms with E-state index >= 15 is 0 Å². The first-order valence-corrected chi connectivity index (χ1v) is 10.8. The maximum atomic E-state index is 13.4. The summed E-state index contributed by atoms with van der Waals surface area (Å²) in [5, 5.41) is 0.538. The van der Waals surface area contributed by atoms with E-state index in [0.29, 0.717) is 48.6 Å². The van der Waals surface area contributed by atoms with Crippen molar-refractivity contribution in [2.45, 2.75) is 19.5 Å². The summed E-state index contributed by atoms with van der Waals surface area (Å²) in [6.07, 6.45) is 0. The van der Waals surface area contributed by atoms with Gasteiger partial charge in [0.1, 0.15) is 5.82 Å². The van der Waals surface area contributed by atoms with E-state index in [9.17, 15) is 9.59 Å². The average Bonchev–Trinajstić information content (AvgIpc) is 2.78. The normalized spacial score (nSPS) is 12.1. The molecule has 0 bridgehead atoms. The molecule has 3 aromatic rings. The topological polar surface area (TPSA) is 73.7 Å². The predicted molar refractivity (Wildman–Crippen MR) is 123 cm³/mol. The predicted octanol–water partition coefficient (Wildman–Crippen LogP) is 3.66. The summed E-state index contributed by atoms with van der Waals surface area (Å²) in [4.78, 5) is 33.1. The maximum Gasteiger partial charge on any atom is 0.261 e. The number of hydrogen-bond acceptors (Lipinski definition) is 5. The quantitative estimate of drug-likeness (QED) is 0.460. The summed E-state index contributed by atoms with van der Waals surface area (Å²) in [5.74, 6) is 0.353. The molecule has 0 N–H and O–H groups in total. The Morgan fingerprint density at radius 1 is 1.13 bits per heavy atom. The Bertz CT molecular complexity index is 1120. The highest BCUT2D eigenvalue weighted by atomic mass is 79.9. The number of benzene rings is 2. The number of nitrogens with zero attached hydrogens (tertiary/aromatic N) is 3. The van der Waals surface area contributed by atoms with Crippen molar-refractivity contribution in [3.63, 3.8) is 0 Å². The Hall–Kier alpha value is -2.55. The summed E-state index contributed by atoms with van der Waals surface area (Å²) >= 11 is 3.42. The van der Waals surface area contributed by atoms with Crippen molar-refractivity contribution in [2.75, 3.05) is 34.0 Å². The molecule has 1 amide bonds. The lowest BCUT2D eigenvalue weighted by Crippen LogP contribution is -2.40. The third-order valence-electron chi connectivity index (χ3n) is 5.12. The monoisotopic (exact) mass is 487 g/mol. The van der Waals surface area contributed by atoms with Crippen molar-refractivity contribution >= 4 is 32.7 Å². The molecule has 1 aromatic heterocycles. The lowest BCUT2D eigenvalue weighted by molar-refractivity contribution is 0.0601. The van der Waals surface area contributed by atoms with Crippen LogP contribution in [0.15, 0.2) is 57.8 Å². The van der Waals surface area contributed by atoms with Crippen molar-refractivity contribution in [1.29, 1.82) is 0 Å². The van der Waals surface area contributed by atoms with Gasteiger partial charge in [0.05, 0.1) is 36.7 Å². The summed E-state index contributed by atoms with van der Waals surface area (Å²) in [6.45, 7) is 3.30. The second kappa shape index (κ2) is 10.7. The van der Waals surface area contributed by atoms with Gasteiger partial charge in [0.15, 0.2) is 0 Å². The van der Waals surface area contributed by atoms with Gasteiger partial charge in [-0.05, 0) is 37.3 Å². The lowest BCUT2D eigenvalue weighted by Gasteiger charge is -2.30. The number of hydrogen-bond donors (Lipinski definition) is 0. The molecule has 164 valence electrons. The summed E-state index contributed by atoms with van der Waals surface area (Å²) in [5.41, 5.74) is 1.000. The highest BCUT2D eigenvalue weighted by Crippen LogP contribution is 2.23. The van der Waals surface area contributed by atoms with Crippen molar-refractivity contribution in [3.8, 4) is 0 Å². The summed E-state index contributed by atoms with van der Waals surface area (Å²) in [7, 11) is 3.18. The minimum Gasteiger partial charge on any atom is -0.383 e. The smallest absolute Gasteiger partial charge is 0.261 e. The summed E-state index contributed by atoms with van der Waals surface area (Å²) < 4.78 is 12.9. The van der Waals surface area contributed by atoms with Gasteiger partial charge in [0, 0.05) is 30.8 Å². The van der Waals surface area contributed by atoms with Gasteiger partial charge in [-0.2, -0.15) is 0 Å². The molecule has 2 aromatic carbocycles. The molecule has 1 heterocycles. The number of rotatable bonds is 9. The number of methoxy groups -OCH3 is 2. The molecule has 31 heavy (non-hydrogen) atoms. The van der Waals surface area contributed by atoms with Crippen molar-refractivity contribution < 1.29 is 14.3 Å². The van der Waals surface area contributed by atoms with E-state index < -0.39 is 6.04 Å². The van der Waals surface area contributed by atoms with E-state index in [-0.39, 0.29) is 11.5 Å². The van der Waals surface area contributed by atoms with E-state index in [1.165, 1.54) is 0 Å². The summed E-state index contributed by atoms with van der Waals surface area (Å²) in [6, 6.07) is 14.0. The first kappa shape index (κ1) is 23.1. The molecule has 0 saturated heterocycles. The Morgan fingerprint density at radius 2 is 1.87 bits per heavy atom. The van der Waals surface area contributed by atoms with Crippen LogP contribution < -0.4 is 5.56 Å². The number of carbonyl (C=O) groups excluding carboxylic acids is 1. The molecule has 0 fully saturated rings. The third kappa shape index (κ3) is 5.20. The van der Waals surface area contributed by atoms with Crippen LogP contribution in [0.25, 0.3) is 10.9 Å². The van der Waals surface area contributed by atoms with Gasteiger partial charge in [-0.1, -0.05) is 34.1 Å². The van der Waals surface area contributed by atoms with Gasteiger partial charge in [0.2, 0.25) is 0 Å². The van der Waals surface area contributed by atoms with E-state index in [4.69, 9.17) is 14.5 Å². The molecular weight excluding hydrogens is 462 g/mol. The fraction of sp³-hybridized carbons (Fsp3) is 0.348. The number of carbonyl (C=O) groups is 1. The zero-order valence-corrected chi connectivity index (χ0v) is 19.5. The number of fused-ring (bicyclic) bond motifs is 1. The number of ether oxygens (including phenoxy) is 2. The molecule has 1 atom stereocenters. The van der Waals surface area contributed by atoms with Gasteiger partial charge in [-0.15, -0.1) is 0 Å². The Balaban J connectivity index is 2.10. The van der Waals surface area contributed by atoms with Crippen LogP contribution in [0.4, 0.5) is 0 Å². The maximum absolute atomic E-state index is 13.4. The van der Waals surface area contributed by atoms with Crippen molar-refractivity contribution in [3.05, 3.63) is 74.7 Å². The molecule has 0 aliphatic carbocycles. The number of amides is 1. The van der Waals surface area contributed by atoms with Gasteiger partial charge >= 0.3 is 0 Å². The fourth-order valence-corrected chi connectivity index (χ4v) is 3.89. The van der Waals surface area contributed by atoms with Crippen LogP contribution in [-0.4, -0.2) is 54.3 Å². The van der Waals surface area contributed by atoms with E-state index in [2.05, 4.69) is 15.9 Å². The second-order valence-corrected chi connectivity index (χ2v) is 8.03. The molecule has 3 rings (SSSR count). The molecule has 0 saturated carbocycles. The van der Waals surface area contributed by atoms with Gasteiger partial charge < -0.3 is 14.4 Å². The number of aromatic nitrogens is 2. The highest BCUT2D eigenvalue weighted by molar-refractivity contribution is 9.10. The van der Waals surface area contributed by atoms with Crippen LogP contribution >= 0.6 is 15.9 Å². The van der Waals surface area contributed by atoms with Crippen molar-refractivity contribution in [2.24, 2.45) is 0 Å². The van der Waals surface area contributed by atoms with Gasteiger partial charge in [-0.25, -0.2) is 4.98 Å². The van der Waals surface area contributed by atoms with E-state index in [1.54, 1.807) is 41.9 Å². The van der Waals surface area contributed by atoms with Crippen LogP contribution in [0, 0.1) is 0 Å². The molecule has 0 aliphatic heterocycles. The minimum absolute atomic E-state index is 0.147. The number of para-hydroxylation sites is 1. The molecule has 8 heteroatoms. The molecule has 0 radical (unpaired) electrons. The second-order valence-electron chi connectivity index (χ2n) is 7.11.